The lowest BCUT2D eigenvalue weighted by atomic mass is 9.76. The Labute approximate surface area is 138 Å². The molecule has 2 aliphatic heterocycles. The number of likely N-dealkylation sites (tertiary alicyclic amines) is 1. The fraction of sp³-hybridized carbons (Fsp3) is 0.938. The van der Waals surface area contributed by atoms with Crippen LogP contribution in [0.4, 0.5) is 0 Å². The number of piperidine rings is 1. The Morgan fingerprint density at radius 2 is 1.96 bits per heavy atom. The Morgan fingerprint density at radius 3 is 2.57 bits per heavy atom. The van der Waals surface area contributed by atoms with Crippen LogP contribution in [0.3, 0.4) is 0 Å². The Balaban J connectivity index is 1.42. The molecule has 3 rings (SSSR count). The number of carbonyl (C=O) groups is 1. The first-order valence-corrected chi connectivity index (χ1v) is 10.6. The minimum Gasteiger partial charge on any atom is -0.378 e. The van der Waals surface area contributed by atoms with Crippen molar-refractivity contribution >= 4 is 15.7 Å². The van der Waals surface area contributed by atoms with E-state index in [0.29, 0.717) is 19.7 Å². The van der Waals surface area contributed by atoms with Gasteiger partial charge in [0.05, 0.1) is 19.3 Å². The quantitative estimate of drug-likeness (QED) is 0.714. The predicted octanol–water partition coefficient (Wildman–Crippen LogP) is 0.855. The second kappa shape index (κ2) is 6.69. The predicted molar refractivity (Wildman–Crippen MR) is 85.9 cm³/mol. The van der Waals surface area contributed by atoms with Crippen LogP contribution in [0.2, 0.25) is 0 Å². The summed E-state index contributed by atoms with van der Waals surface area (Å²) in [5, 5.41) is 0. The summed E-state index contributed by atoms with van der Waals surface area (Å²) < 4.78 is 34.1. The van der Waals surface area contributed by atoms with Gasteiger partial charge in [0.15, 0.2) is 9.84 Å². The molecule has 3 fully saturated rings. The maximum atomic E-state index is 12.0. The Bertz CT molecular complexity index is 535. The Hall–Kier alpha value is -0.660. The highest BCUT2D eigenvalue weighted by Gasteiger charge is 2.43. The summed E-state index contributed by atoms with van der Waals surface area (Å²) in [5.74, 6) is 0.119. The minimum atomic E-state index is -3.25. The van der Waals surface area contributed by atoms with Crippen molar-refractivity contribution in [3.63, 3.8) is 0 Å². The monoisotopic (exact) mass is 345 g/mol. The largest absolute Gasteiger partial charge is 0.378 e. The lowest BCUT2D eigenvalue weighted by molar-refractivity contribution is -0.130. The van der Waals surface area contributed by atoms with Crippen molar-refractivity contribution in [3.05, 3.63) is 0 Å². The number of sulfone groups is 1. The van der Waals surface area contributed by atoms with Gasteiger partial charge in [0.1, 0.15) is 5.75 Å². The summed E-state index contributed by atoms with van der Waals surface area (Å²) >= 11 is 0. The van der Waals surface area contributed by atoms with Gasteiger partial charge in [-0.15, -0.1) is 0 Å². The molecule has 1 unspecified atom stereocenters. The molecule has 1 atom stereocenters. The molecule has 0 radical (unpaired) electrons. The van der Waals surface area contributed by atoms with E-state index >= 15 is 0 Å². The summed E-state index contributed by atoms with van der Waals surface area (Å²) in [6, 6.07) is 0. The number of rotatable bonds is 6. The van der Waals surface area contributed by atoms with Crippen molar-refractivity contribution in [3.8, 4) is 0 Å². The van der Waals surface area contributed by atoms with Gasteiger partial charge in [-0.25, -0.2) is 8.42 Å². The normalized spacial score (nSPS) is 27.5. The third-order valence-corrected chi connectivity index (χ3v) is 5.97. The van der Waals surface area contributed by atoms with E-state index in [0.717, 1.165) is 44.6 Å². The minimum absolute atomic E-state index is 0.148. The van der Waals surface area contributed by atoms with E-state index in [-0.39, 0.29) is 23.2 Å². The molecular formula is C16H27NO5S. The smallest absolute Gasteiger partial charge is 0.237 e. The van der Waals surface area contributed by atoms with Crippen LogP contribution >= 0.6 is 0 Å². The molecule has 2 heterocycles. The molecule has 23 heavy (non-hydrogen) atoms. The molecule has 0 aromatic carbocycles. The van der Waals surface area contributed by atoms with Gasteiger partial charge >= 0.3 is 0 Å². The van der Waals surface area contributed by atoms with Gasteiger partial charge in [-0.2, -0.15) is 0 Å². The first-order valence-electron chi connectivity index (χ1n) is 8.50. The zero-order valence-corrected chi connectivity index (χ0v) is 14.6. The van der Waals surface area contributed by atoms with E-state index in [1.54, 1.807) is 4.90 Å². The molecule has 0 N–H and O–H groups in total. The molecular weight excluding hydrogens is 318 g/mol. The molecule has 0 aromatic heterocycles. The number of hydrogen-bond acceptors (Lipinski definition) is 5. The van der Waals surface area contributed by atoms with E-state index in [1.807, 2.05) is 0 Å². The number of carbonyl (C=O) groups excluding carboxylic acids is 1. The van der Waals surface area contributed by atoms with Crippen LogP contribution in [0.5, 0.6) is 0 Å². The van der Waals surface area contributed by atoms with Crippen LogP contribution in [-0.2, 0) is 24.1 Å². The van der Waals surface area contributed by atoms with E-state index < -0.39 is 9.84 Å². The van der Waals surface area contributed by atoms with E-state index in [2.05, 4.69) is 0 Å². The molecule has 132 valence electrons. The van der Waals surface area contributed by atoms with Gasteiger partial charge in [-0.1, -0.05) is 0 Å². The van der Waals surface area contributed by atoms with Crippen LogP contribution in [0.15, 0.2) is 0 Å². The molecule has 2 saturated heterocycles. The molecule has 1 saturated carbocycles. The third kappa shape index (κ3) is 4.90. The first-order chi connectivity index (χ1) is 10.9. The average Bonchev–Trinajstić information content (AvgIpc) is 3.20. The number of hydrogen-bond donors (Lipinski definition) is 0. The van der Waals surface area contributed by atoms with Crippen molar-refractivity contribution in [1.82, 2.24) is 4.90 Å². The maximum Gasteiger partial charge on any atom is 0.237 e. The molecule has 6 nitrogen and oxygen atoms in total. The fourth-order valence-corrected chi connectivity index (χ4v) is 4.18. The topological polar surface area (TPSA) is 72.9 Å². The van der Waals surface area contributed by atoms with Crippen LogP contribution in [0.25, 0.3) is 0 Å². The van der Waals surface area contributed by atoms with Gasteiger partial charge in [-0.05, 0) is 43.4 Å². The van der Waals surface area contributed by atoms with Gasteiger partial charge in [0.25, 0.3) is 0 Å². The average molecular weight is 345 g/mol. The number of nitrogens with zero attached hydrogens (tertiary/aromatic N) is 1. The SMILES string of the molecule is CS(=O)(=O)CC(=O)N1CCC2(CC1)COC(COCC1CC1)C2. The summed E-state index contributed by atoms with van der Waals surface area (Å²) in [7, 11) is -3.25. The van der Waals surface area contributed by atoms with Crippen LogP contribution in [0.1, 0.15) is 32.1 Å². The summed E-state index contributed by atoms with van der Waals surface area (Å²) in [6.45, 7) is 3.54. The molecule has 0 bridgehead atoms. The second-order valence-electron chi connectivity index (χ2n) is 7.57. The summed E-state index contributed by atoms with van der Waals surface area (Å²) in [6.07, 6.45) is 6.65. The van der Waals surface area contributed by atoms with Crippen molar-refractivity contribution in [2.45, 2.75) is 38.2 Å². The van der Waals surface area contributed by atoms with Crippen molar-refractivity contribution in [2.24, 2.45) is 11.3 Å². The van der Waals surface area contributed by atoms with Crippen LogP contribution < -0.4 is 0 Å². The molecule has 0 aromatic rings. The van der Waals surface area contributed by atoms with Gasteiger partial charge < -0.3 is 14.4 Å². The van der Waals surface area contributed by atoms with E-state index in [4.69, 9.17) is 9.47 Å². The van der Waals surface area contributed by atoms with Crippen molar-refractivity contribution in [2.75, 3.05) is 44.9 Å². The maximum absolute atomic E-state index is 12.0. The van der Waals surface area contributed by atoms with Crippen LogP contribution in [-0.4, -0.2) is 70.2 Å². The molecule has 1 aliphatic carbocycles. The van der Waals surface area contributed by atoms with Gasteiger partial charge in [-0.3, -0.25) is 4.79 Å². The summed E-state index contributed by atoms with van der Waals surface area (Å²) in [5.41, 5.74) is 0.148. The highest BCUT2D eigenvalue weighted by Crippen LogP contribution is 2.42. The third-order valence-electron chi connectivity index (χ3n) is 5.20. The molecule has 1 spiro atoms. The Kier molecular flexibility index (Phi) is 4.99. The lowest BCUT2D eigenvalue weighted by Crippen LogP contribution is -2.45. The zero-order chi connectivity index (χ0) is 16.5. The molecule has 3 aliphatic rings. The van der Waals surface area contributed by atoms with Gasteiger partial charge in [0.2, 0.25) is 5.91 Å². The van der Waals surface area contributed by atoms with Crippen LogP contribution in [0, 0.1) is 11.3 Å². The van der Waals surface area contributed by atoms with E-state index in [9.17, 15) is 13.2 Å². The number of amides is 1. The highest BCUT2D eigenvalue weighted by atomic mass is 32.2. The van der Waals surface area contributed by atoms with Gasteiger partial charge in [0, 0.05) is 26.0 Å². The standard InChI is InChI=1S/C16H27NO5S/c1-23(19,20)11-15(18)17-6-4-16(5-7-17)8-14(22-12-16)10-21-9-13-2-3-13/h13-14H,2-12H2,1H3. The zero-order valence-electron chi connectivity index (χ0n) is 13.8. The van der Waals surface area contributed by atoms with Crippen molar-refractivity contribution < 1.29 is 22.7 Å². The number of ether oxygens (including phenoxy) is 2. The van der Waals surface area contributed by atoms with E-state index in [1.165, 1.54) is 12.8 Å². The molecule has 1 amide bonds. The Morgan fingerprint density at radius 1 is 1.26 bits per heavy atom. The fourth-order valence-electron chi connectivity index (χ4n) is 3.55. The lowest BCUT2D eigenvalue weighted by Gasteiger charge is -2.38. The van der Waals surface area contributed by atoms with Crippen molar-refractivity contribution in [1.29, 1.82) is 0 Å². The highest BCUT2D eigenvalue weighted by molar-refractivity contribution is 7.91. The summed E-state index contributed by atoms with van der Waals surface area (Å²) in [4.78, 5) is 13.7. The molecule has 7 heteroatoms. The first kappa shape index (κ1) is 17.2. The second-order valence-corrected chi connectivity index (χ2v) is 9.71.